The number of pyridine rings is 1. The number of hydrogen-bond donors (Lipinski definition) is 2. The van der Waals surface area contributed by atoms with Crippen molar-refractivity contribution in [1.29, 1.82) is 0 Å². The fraction of sp³-hybridized carbons (Fsp3) is 0.174. The summed E-state index contributed by atoms with van der Waals surface area (Å²) in [5, 5.41) is 14.6. The predicted octanol–water partition coefficient (Wildman–Crippen LogP) is 3.43. The van der Waals surface area contributed by atoms with Gasteiger partial charge in [-0.1, -0.05) is 29.8 Å². The number of carboxylic acids is 1. The van der Waals surface area contributed by atoms with Gasteiger partial charge >= 0.3 is 17.3 Å². The SMILES string of the molecule is CC(CC(=O)O)n1c(=O)nc(Nc2ccc3cnccc3c2)n(Cc2ccc(Cl)cc2)c1=O. The van der Waals surface area contributed by atoms with Crippen molar-refractivity contribution in [1.82, 2.24) is 19.1 Å². The largest absolute Gasteiger partial charge is 0.481 e. The van der Waals surface area contributed by atoms with Crippen molar-refractivity contribution in [2.45, 2.75) is 25.9 Å². The molecule has 0 spiro atoms. The fourth-order valence-corrected chi connectivity index (χ4v) is 3.65. The number of aliphatic carboxylic acids is 1. The van der Waals surface area contributed by atoms with Crippen LogP contribution in [0.1, 0.15) is 24.9 Å². The first-order valence-corrected chi connectivity index (χ1v) is 10.5. The lowest BCUT2D eigenvalue weighted by Gasteiger charge is -2.18. The molecule has 0 fully saturated rings. The standard InChI is InChI=1S/C23H20ClN5O4/c1-14(10-20(30)31)29-22(32)27-21(26-19-7-4-17-12-25-9-8-16(17)11-19)28(23(29)33)13-15-2-5-18(24)6-3-15/h2-9,11-12,14H,10,13H2,1H3,(H,30,31)(H,26,27,32). The summed E-state index contributed by atoms with van der Waals surface area (Å²) in [6, 6.07) is 13.4. The van der Waals surface area contributed by atoms with Crippen molar-refractivity contribution in [3.63, 3.8) is 0 Å². The average Bonchev–Trinajstić information content (AvgIpc) is 2.77. The van der Waals surface area contributed by atoms with Gasteiger partial charge < -0.3 is 10.4 Å². The molecule has 10 heteroatoms. The Kier molecular flexibility index (Phi) is 6.23. The minimum absolute atomic E-state index is 0.0483. The van der Waals surface area contributed by atoms with E-state index < -0.39 is 23.4 Å². The summed E-state index contributed by atoms with van der Waals surface area (Å²) >= 11 is 5.97. The maximum absolute atomic E-state index is 13.3. The molecule has 0 aliphatic carbocycles. The lowest BCUT2D eigenvalue weighted by Crippen LogP contribution is -2.44. The first kappa shape index (κ1) is 22.2. The van der Waals surface area contributed by atoms with Crippen molar-refractivity contribution >= 4 is 40.0 Å². The van der Waals surface area contributed by atoms with Crippen LogP contribution in [0.5, 0.6) is 0 Å². The molecule has 2 aromatic carbocycles. The summed E-state index contributed by atoms with van der Waals surface area (Å²) in [7, 11) is 0. The number of hydrogen-bond acceptors (Lipinski definition) is 6. The minimum Gasteiger partial charge on any atom is -0.481 e. The van der Waals surface area contributed by atoms with Crippen molar-refractivity contribution in [2.24, 2.45) is 0 Å². The topological polar surface area (TPSA) is 119 Å². The van der Waals surface area contributed by atoms with E-state index in [1.54, 1.807) is 42.7 Å². The lowest BCUT2D eigenvalue weighted by molar-refractivity contribution is -0.137. The number of nitrogens with one attached hydrogen (secondary N) is 1. The number of carbonyl (C=O) groups is 1. The van der Waals surface area contributed by atoms with Crippen molar-refractivity contribution < 1.29 is 9.90 Å². The third kappa shape index (κ3) is 4.93. The Bertz CT molecular complexity index is 1450. The summed E-state index contributed by atoms with van der Waals surface area (Å²) in [5.41, 5.74) is -0.104. The van der Waals surface area contributed by atoms with Crippen LogP contribution in [0, 0.1) is 0 Å². The monoisotopic (exact) mass is 465 g/mol. The van der Waals surface area contributed by atoms with Crippen LogP contribution in [-0.4, -0.2) is 30.2 Å². The van der Waals surface area contributed by atoms with Crippen molar-refractivity contribution in [3.8, 4) is 0 Å². The van der Waals surface area contributed by atoms with E-state index in [-0.39, 0.29) is 18.9 Å². The van der Waals surface area contributed by atoms with Gasteiger partial charge in [0, 0.05) is 28.5 Å². The predicted molar refractivity (Wildman–Crippen MR) is 125 cm³/mol. The number of benzene rings is 2. The van der Waals surface area contributed by atoms with E-state index >= 15 is 0 Å². The van der Waals surface area contributed by atoms with Crippen LogP contribution in [0.15, 0.2) is 70.5 Å². The quantitative estimate of drug-likeness (QED) is 0.429. The molecule has 1 unspecified atom stereocenters. The highest BCUT2D eigenvalue weighted by Crippen LogP contribution is 2.21. The highest BCUT2D eigenvalue weighted by atomic mass is 35.5. The molecule has 168 valence electrons. The Hall–Kier alpha value is -3.98. The minimum atomic E-state index is -1.12. The van der Waals surface area contributed by atoms with Gasteiger partial charge in [0.05, 0.1) is 19.0 Å². The second-order valence-electron chi connectivity index (χ2n) is 7.59. The first-order chi connectivity index (χ1) is 15.8. The van der Waals surface area contributed by atoms with Gasteiger partial charge in [-0.05, 0) is 48.2 Å². The van der Waals surface area contributed by atoms with E-state index in [1.165, 1.54) is 11.5 Å². The van der Waals surface area contributed by atoms with E-state index in [9.17, 15) is 14.4 Å². The summed E-state index contributed by atoms with van der Waals surface area (Å²) < 4.78 is 2.17. The summed E-state index contributed by atoms with van der Waals surface area (Å²) in [6.45, 7) is 1.60. The van der Waals surface area contributed by atoms with Gasteiger partial charge in [-0.3, -0.25) is 14.3 Å². The molecule has 2 heterocycles. The highest BCUT2D eigenvalue weighted by Gasteiger charge is 2.20. The van der Waals surface area contributed by atoms with Crippen LogP contribution in [-0.2, 0) is 11.3 Å². The van der Waals surface area contributed by atoms with E-state index in [0.29, 0.717) is 10.7 Å². The highest BCUT2D eigenvalue weighted by molar-refractivity contribution is 6.30. The maximum Gasteiger partial charge on any atom is 0.355 e. The molecule has 33 heavy (non-hydrogen) atoms. The normalized spacial score (nSPS) is 11.9. The number of fused-ring (bicyclic) bond motifs is 1. The van der Waals surface area contributed by atoms with E-state index in [2.05, 4.69) is 15.3 Å². The van der Waals surface area contributed by atoms with Gasteiger partial charge in [-0.25, -0.2) is 14.2 Å². The summed E-state index contributed by atoms with van der Waals surface area (Å²) in [6.07, 6.45) is 3.02. The van der Waals surface area contributed by atoms with Crippen LogP contribution in [0.3, 0.4) is 0 Å². The molecule has 0 amide bonds. The molecule has 0 radical (unpaired) electrons. The molecule has 0 saturated carbocycles. The van der Waals surface area contributed by atoms with Gasteiger partial charge in [-0.2, -0.15) is 4.98 Å². The molecule has 0 aliphatic heterocycles. The number of halogens is 1. The molecule has 1 atom stereocenters. The van der Waals surface area contributed by atoms with Crippen LogP contribution < -0.4 is 16.7 Å². The second-order valence-corrected chi connectivity index (χ2v) is 8.03. The lowest BCUT2D eigenvalue weighted by atomic mass is 10.1. The summed E-state index contributed by atoms with van der Waals surface area (Å²) in [5.74, 6) is -1.07. The molecule has 0 saturated heterocycles. The average molecular weight is 466 g/mol. The van der Waals surface area contributed by atoms with Crippen LogP contribution in [0.4, 0.5) is 11.6 Å². The smallest absolute Gasteiger partial charge is 0.355 e. The molecule has 4 rings (SSSR count). The first-order valence-electron chi connectivity index (χ1n) is 10.1. The molecular weight excluding hydrogens is 446 g/mol. The number of aromatic nitrogens is 4. The molecule has 4 aromatic rings. The number of carboxylic acid groups (broad SMARTS) is 1. The maximum atomic E-state index is 13.3. The summed E-state index contributed by atoms with van der Waals surface area (Å²) in [4.78, 5) is 45.4. The van der Waals surface area contributed by atoms with Gasteiger partial charge in [0.2, 0.25) is 5.95 Å². The number of anilines is 2. The Morgan fingerprint density at radius 1 is 1.12 bits per heavy atom. The van der Waals surface area contributed by atoms with Crippen molar-refractivity contribution in [3.05, 3.63) is 92.5 Å². The number of nitrogens with zero attached hydrogens (tertiary/aromatic N) is 4. The molecule has 0 bridgehead atoms. The van der Waals surface area contributed by atoms with Crippen LogP contribution in [0.25, 0.3) is 10.8 Å². The van der Waals surface area contributed by atoms with Crippen LogP contribution >= 0.6 is 11.6 Å². The third-order valence-corrected chi connectivity index (χ3v) is 5.41. The van der Waals surface area contributed by atoms with Gasteiger partial charge in [0.1, 0.15) is 0 Å². The van der Waals surface area contributed by atoms with Gasteiger partial charge in [0.25, 0.3) is 0 Å². The Morgan fingerprint density at radius 3 is 2.61 bits per heavy atom. The fourth-order valence-electron chi connectivity index (χ4n) is 3.53. The molecule has 2 aromatic heterocycles. The Labute approximate surface area is 192 Å². The van der Waals surface area contributed by atoms with Gasteiger partial charge in [0.15, 0.2) is 0 Å². The molecular formula is C23H20ClN5O4. The zero-order valence-electron chi connectivity index (χ0n) is 17.6. The van der Waals surface area contributed by atoms with Gasteiger partial charge in [-0.15, -0.1) is 0 Å². The zero-order valence-corrected chi connectivity index (χ0v) is 18.4. The molecule has 9 nitrogen and oxygen atoms in total. The number of rotatable bonds is 7. The zero-order chi connectivity index (χ0) is 23.5. The third-order valence-electron chi connectivity index (χ3n) is 5.16. The molecule has 2 N–H and O–H groups in total. The van der Waals surface area contributed by atoms with Crippen LogP contribution in [0.2, 0.25) is 5.02 Å². The Morgan fingerprint density at radius 2 is 1.88 bits per heavy atom. The van der Waals surface area contributed by atoms with E-state index in [1.807, 2.05) is 18.2 Å². The Balaban J connectivity index is 1.81. The van der Waals surface area contributed by atoms with Crippen molar-refractivity contribution in [2.75, 3.05) is 5.32 Å². The van der Waals surface area contributed by atoms with E-state index in [4.69, 9.17) is 16.7 Å². The second kappa shape index (κ2) is 9.25. The van der Waals surface area contributed by atoms with E-state index in [0.717, 1.165) is 20.9 Å². The molecule has 0 aliphatic rings.